The Balaban J connectivity index is 2.51. The molecule has 0 radical (unpaired) electrons. The van der Waals surface area contributed by atoms with Crippen LogP contribution in [-0.2, 0) is 14.3 Å². The van der Waals surface area contributed by atoms with Crippen LogP contribution in [0, 0.1) is 11.8 Å². The van der Waals surface area contributed by atoms with Crippen LogP contribution in [0.1, 0.15) is 5.56 Å². The van der Waals surface area contributed by atoms with Crippen molar-refractivity contribution in [2.45, 2.75) is 11.8 Å². The zero-order valence-corrected chi connectivity index (χ0v) is 10.2. The Labute approximate surface area is 100 Å². The molecule has 0 bridgehead atoms. The molecule has 0 saturated carbocycles. The van der Waals surface area contributed by atoms with Gasteiger partial charge in [0.05, 0.1) is 11.5 Å². The Hall–Kier alpha value is -1.31. The summed E-state index contributed by atoms with van der Waals surface area (Å²) >= 11 is 0. The monoisotopic (exact) mass is 258 g/mol. The van der Waals surface area contributed by atoms with Crippen molar-refractivity contribution >= 4 is 10.1 Å². The van der Waals surface area contributed by atoms with E-state index in [1.807, 2.05) is 6.92 Å². The highest BCUT2D eigenvalue weighted by Crippen LogP contribution is 2.12. The van der Waals surface area contributed by atoms with Crippen molar-refractivity contribution in [1.82, 2.24) is 5.32 Å². The number of nitrogens with one attached hydrogen (secondary N) is 1. The standard InChI is InChI=1S/C10H14N2O4S/c1-9-2-4-10(5-3-9)17(14,15)16-7-6-11-8-12-13/h2-5,11H,6-8H2,1H3. The summed E-state index contributed by atoms with van der Waals surface area (Å²) < 4.78 is 28.0. The molecule has 0 aliphatic rings. The minimum Gasteiger partial charge on any atom is -0.293 e. The van der Waals surface area contributed by atoms with E-state index < -0.39 is 10.1 Å². The maximum Gasteiger partial charge on any atom is 0.297 e. The van der Waals surface area contributed by atoms with Crippen molar-refractivity contribution < 1.29 is 12.6 Å². The fourth-order valence-corrected chi connectivity index (χ4v) is 2.03. The Morgan fingerprint density at radius 3 is 2.53 bits per heavy atom. The lowest BCUT2D eigenvalue weighted by Crippen LogP contribution is -2.21. The summed E-state index contributed by atoms with van der Waals surface area (Å²) in [6.45, 7) is 2.02. The van der Waals surface area contributed by atoms with E-state index in [2.05, 4.69) is 10.5 Å². The molecule has 0 aromatic heterocycles. The minimum atomic E-state index is -3.71. The van der Waals surface area contributed by atoms with Crippen LogP contribution in [-0.4, -0.2) is 28.2 Å². The van der Waals surface area contributed by atoms with Crippen LogP contribution in [0.15, 0.2) is 34.3 Å². The molecular weight excluding hydrogens is 244 g/mol. The third-order valence-corrected chi connectivity index (χ3v) is 3.33. The van der Waals surface area contributed by atoms with Gasteiger partial charge in [0.2, 0.25) is 0 Å². The van der Waals surface area contributed by atoms with Gasteiger partial charge < -0.3 is 0 Å². The van der Waals surface area contributed by atoms with Gasteiger partial charge in [-0.05, 0) is 19.1 Å². The van der Waals surface area contributed by atoms with Crippen LogP contribution < -0.4 is 5.32 Å². The normalized spacial score (nSPS) is 11.4. The van der Waals surface area contributed by atoms with Gasteiger partial charge in [-0.1, -0.05) is 22.9 Å². The van der Waals surface area contributed by atoms with Crippen molar-refractivity contribution in [3.05, 3.63) is 34.7 Å². The van der Waals surface area contributed by atoms with Crippen molar-refractivity contribution in [2.24, 2.45) is 5.18 Å². The molecule has 0 aliphatic carbocycles. The van der Waals surface area contributed by atoms with Gasteiger partial charge in [0.15, 0.2) is 0 Å². The van der Waals surface area contributed by atoms with E-state index in [-0.39, 0.29) is 24.7 Å². The molecule has 0 atom stereocenters. The van der Waals surface area contributed by atoms with Gasteiger partial charge in [-0.2, -0.15) is 8.42 Å². The molecule has 1 aromatic carbocycles. The molecular formula is C10H14N2O4S. The van der Waals surface area contributed by atoms with Crippen LogP contribution >= 0.6 is 0 Å². The molecule has 0 unspecified atom stereocenters. The molecule has 6 nitrogen and oxygen atoms in total. The Morgan fingerprint density at radius 1 is 1.29 bits per heavy atom. The summed E-state index contributed by atoms with van der Waals surface area (Å²) in [5, 5.41) is 5.17. The number of rotatable bonds is 7. The van der Waals surface area contributed by atoms with E-state index in [0.29, 0.717) is 0 Å². The summed E-state index contributed by atoms with van der Waals surface area (Å²) in [4.78, 5) is 9.87. The average molecular weight is 258 g/mol. The number of aryl methyl sites for hydroxylation is 1. The number of nitroso groups, excluding NO2 is 1. The van der Waals surface area contributed by atoms with Crippen molar-refractivity contribution in [3.8, 4) is 0 Å². The zero-order valence-electron chi connectivity index (χ0n) is 9.42. The van der Waals surface area contributed by atoms with E-state index in [4.69, 9.17) is 4.18 Å². The number of hydrogen-bond donors (Lipinski definition) is 1. The zero-order chi connectivity index (χ0) is 12.7. The fourth-order valence-electron chi connectivity index (χ4n) is 1.12. The van der Waals surface area contributed by atoms with Crippen molar-refractivity contribution in [1.29, 1.82) is 0 Å². The third kappa shape index (κ3) is 4.59. The molecule has 94 valence electrons. The number of nitrogens with zero attached hydrogens (tertiary/aromatic N) is 1. The smallest absolute Gasteiger partial charge is 0.293 e. The largest absolute Gasteiger partial charge is 0.297 e. The van der Waals surface area contributed by atoms with Crippen molar-refractivity contribution in [3.63, 3.8) is 0 Å². The first-order valence-corrected chi connectivity index (χ1v) is 6.43. The number of benzene rings is 1. The predicted octanol–water partition coefficient (Wildman–Crippen LogP) is 1.01. The minimum absolute atomic E-state index is 0.0360. The van der Waals surface area contributed by atoms with Gasteiger partial charge in [0, 0.05) is 6.54 Å². The number of hydrogen-bond acceptors (Lipinski definition) is 6. The molecule has 0 saturated heterocycles. The first-order chi connectivity index (χ1) is 8.06. The first-order valence-electron chi connectivity index (χ1n) is 5.02. The van der Waals surface area contributed by atoms with Gasteiger partial charge in [0.25, 0.3) is 10.1 Å². The Morgan fingerprint density at radius 2 is 1.94 bits per heavy atom. The summed E-state index contributed by atoms with van der Waals surface area (Å²) in [6.07, 6.45) is 0. The molecule has 17 heavy (non-hydrogen) atoms. The molecule has 0 fully saturated rings. The van der Waals surface area contributed by atoms with Gasteiger partial charge in [-0.3, -0.25) is 9.50 Å². The lowest BCUT2D eigenvalue weighted by atomic mass is 10.2. The Bertz CT molecular complexity index is 456. The summed E-state index contributed by atoms with van der Waals surface area (Å²) in [5.41, 5.74) is 0.975. The second kappa shape index (κ2) is 6.43. The van der Waals surface area contributed by atoms with E-state index in [0.717, 1.165) is 5.56 Å². The summed E-state index contributed by atoms with van der Waals surface area (Å²) in [6, 6.07) is 6.38. The second-order valence-corrected chi connectivity index (χ2v) is 4.99. The maximum atomic E-state index is 11.6. The molecule has 0 heterocycles. The molecule has 1 rings (SSSR count). The first kappa shape index (κ1) is 13.8. The highest BCUT2D eigenvalue weighted by molar-refractivity contribution is 7.86. The fraction of sp³-hybridized carbons (Fsp3) is 0.400. The third-order valence-electron chi connectivity index (χ3n) is 2.00. The van der Waals surface area contributed by atoms with E-state index in [1.165, 1.54) is 12.1 Å². The van der Waals surface area contributed by atoms with Gasteiger partial charge in [-0.15, -0.1) is 4.91 Å². The SMILES string of the molecule is Cc1ccc(S(=O)(=O)OCCNCN=O)cc1. The van der Waals surface area contributed by atoms with Gasteiger partial charge in [-0.25, -0.2) is 0 Å². The van der Waals surface area contributed by atoms with E-state index >= 15 is 0 Å². The van der Waals surface area contributed by atoms with Crippen LogP contribution in [0.25, 0.3) is 0 Å². The molecule has 0 amide bonds. The van der Waals surface area contributed by atoms with Gasteiger partial charge >= 0.3 is 0 Å². The predicted molar refractivity (Wildman–Crippen MR) is 63.0 cm³/mol. The van der Waals surface area contributed by atoms with E-state index in [9.17, 15) is 13.3 Å². The maximum absolute atomic E-state index is 11.6. The van der Waals surface area contributed by atoms with Gasteiger partial charge in [0.1, 0.15) is 6.67 Å². The second-order valence-electron chi connectivity index (χ2n) is 3.38. The molecule has 7 heteroatoms. The highest BCUT2D eigenvalue weighted by Gasteiger charge is 2.13. The van der Waals surface area contributed by atoms with Crippen LogP contribution in [0.3, 0.4) is 0 Å². The highest BCUT2D eigenvalue weighted by atomic mass is 32.2. The Kier molecular flexibility index (Phi) is 5.20. The van der Waals surface area contributed by atoms with Crippen LogP contribution in [0.2, 0.25) is 0 Å². The van der Waals surface area contributed by atoms with Crippen LogP contribution in [0.4, 0.5) is 0 Å². The topological polar surface area (TPSA) is 84.8 Å². The molecule has 1 aromatic rings. The van der Waals surface area contributed by atoms with Crippen molar-refractivity contribution in [2.75, 3.05) is 19.8 Å². The van der Waals surface area contributed by atoms with E-state index in [1.54, 1.807) is 12.1 Å². The quantitative estimate of drug-likeness (QED) is 0.448. The average Bonchev–Trinajstić information content (AvgIpc) is 2.29. The lowest BCUT2D eigenvalue weighted by molar-refractivity contribution is 0.315. The summed E-state index contributed by atoms with van der Waals surface area (Å²) in [7, 11) is -3.71. The molecule has 0 aliphatic heterocycles. The van der Waals surface area contributed by atoms with Crippen LogP contribution in [0.5, 0.6) is 0 Å². The summed E-state index contributed by atoms with van der Waals surface area (Å²) in [5.74, 6) is 0. The molecule has 0 spiro atoms. The lowest BCUT2D eigenvalue weighted by Gasteiger charge is -2.05. The molecule has 1 N–H and O–H groups in total.